The lowest BCUT2D eigenvalue weighted by Crippen LogP contribution is -2.37. The molecule has 2 aliphatic heterocycles. The molecule has 0 radical (unpaired) electrons. The minimum Gasteiger partial charge on any atom is -0.442 e. The molecule has 3 aromatic rings. The van der Waals surface area contributed by atoms with Crippen molar-refractivity contribution in [3.8, 4) is 0 Å². The average molecular weight is 451 g/mol. The molecule has 1 aliphatic carbocycles. The number of nitrogens with one attached hydrogen (secondary N) is 1. The fraction of sp³-hybridized carbons (Fsp3) is 0.500. The van der Waals surface area contributed by atoms with Crippen molar-refractivity contribution in [1.29, 1.82) is 0 Å². The predicted molar refractivity (Wildman–Crippen MR) is 122 cm³/mol. The number of aryl methyl sites for hydroxylation is 1. The second-order valence-electron chi connectivity index (χ2n) is 9.69. The third kappa shape index (κ3) is 3.50. The number of rotatable bonds is 4. The molecule has 0 spiro atoms. The van der Waals surface area contributed by atoms with Crippen LogP contribution in [0.5, 0.6) is 0 Å². The Balaban J connectivity index is 1.32. The van der Waals surface area contributed by atoms with E-state index in [2.05, 4.69) is 32.1 Å². The second-order valence-corrected chi connectivity index (χ2v) is 9.69. The topological polar surface area (TPSA) is 87.4 Å². The highest BCUT2D eigenvalue weighted by Gasteiger charge is 2.39. The maximum Gasteiger partial charge on any atom is 0.258 e. The first-order valence-electron chi connectivity index (χ1n) is 11.6. The number of hydrogen-bond acceptors (Lipinski definition) is 7. The molecule has 1 N–H and O–H groups in total. The maximum atomic E-state index is 13.8. The number of anilines is 2. The molecule has 6 rings (SSSR count). The van der Waals surface area contributed by atoms with Crippen LogP contribution in [-0.4, -0.2) is 57.1 Å². The van der Waals surface area contributed by atoms with Crippen LogP contribution in [0.2, 0.25) is 0 Å². The Morgan fingerprint density at radius 3 is 2.88 bits per heavy atom. The number of carbonyl (C=O) groups excluding carboxylic acids is 1. The number of carbonyl (C=O) groups is 1. The molecule has 33 heavy (non-hydrogen) atoms. The Morgan fingerprint density at radius 1 is 1.27 bits per heavy atom. The minimum atomic E-state index is -0.782. The highest BCUT2D eigenvalue weighted by Crippen LogP contribution is 2.40. The lowest BCUT2D eigenvalue weighted by Gasteiger charge is -2.31. The van der Waals surface area contributed by atoms with E-state index in [4.69, 9.17) is 4.42 Å². The number of fused-ring (bicyclic) bond motifs is 2. The van der Waals surface area contributed by atoms with Crippen molar-refractivity contribution in [3.63, 3.8) is 0 Å². The van der Waals surface area contributed by atoms with Gasteiger partial charge in [0, 0.05) is 42.6 Å². The zero-order valence-corrected chi connectivity index (χ0v) is 18.9. The van der Waals surface area contributed by atoms with Gasteiger partial charge < -0.3 is 19.5 Å². The van der Waals surface area contributed by atoms with Gasteiger partial charge in [-0.3, -0.25) is 9.78 Å². The van der Waals surface area contributed by atoms with Gasteiger partial charge in [-0.25, -0.2) is 14.4 Å². The van der Waals surface area contributed by atoms with Gasteiger partial charge in [0.15, 0.2) is 0 Å². The zero-order valence-electron chi connectivity index (χ0n) is 18.9. The van der Waals surface area contributed by atoms with Crippen molar-refractivity contribution in [2.75, 3.05) is 29.9 Å². The molecule has 1 atom stereocenters. The van der Waals surface area contributed by atoms with E-state index in [9.17, 15) is 9.18 Å². The fourth-order valence-corrected chi connectivity index (χ4v) is 5.00. The number of amides is 1. The zero-order chi connectivity index (χ0) is 22.7. The lowest BCUT2D eigenvalue weighted by atomic mass is 10.0. The molecule has 8 nitrogen and oxygen atoms in total. The molecule has 2 fully saturated rings. The molecule has 0 aromatic carbocycles. The van der Waals surface area contributed by atoms with Crippen LogP contribution in [0.25, 0.3) is 11.1 Å². The Bertz CT molecular complexity index is 1250. The first-order valence-corrected chi connectivity index (χ1v) is 11.6. The number of pyridine rings is 1. The smallest absolute Gasteiger partial charge is 0.258 e. The molecule has 1 saturated heterocycles. The standard InChI is InChI=1S/C24H27FN6O2/c1-14-19(20-21(29-24(2)6-7-24)27-13-28-22(20)33-14)23(32)31-10-5-16-17(12-31)26-8-3-18(16)30-9-4-15(25)11-30/h3,8,13,15H,4-7,9-12H2,1-2H3,(H,27,28,29)/t15-/m1/s1. The van der Waals surface area contributed by atoms with Crippen LogP contribution >= 0.6 is 0 Å². The number of halogens is 1. The lowest BCUT2D eigenvalue weighted by molar-refractivity contribution is 0.0732. The van der Waals surface area contributed by atoms with E-state index in [1.807, 2.05) is 11.0 Å². The Hall–Kier alpha value is -3.23. The summed E-state index contributed by atoms with van der Waals surface area (Å²) in [5, 5.41) is 4.12. The fourth-order valence-electron chi connectivity index (χ4n) is 5.00. The van der Waals surface area contributed by atoms with Gasteiger partial charge in [-0.15, -0.1) is 0 Å². The van der Waals surface area contributed by atoms with E-state index in [1.54, 1.807) is 13.1 Å². The van der Waals surface area contributed by atoms with Crippen molar-refractivity contribution in [3.05, 3.63) is 41.2 Å². The number of hydrogen-bond donors (Lipinski definition) is 1. The summed E-state index contributed by atoms with van der Waals surface area (Å²) in [6.07, 6.45) is 5.83. The summed E-state index contributed by atoms with van der Waals surface area (Å²) >= 11 is 0. The largest absolute Gasteiger partial charge is 0.442 e. The first-order chi connectivity index (χ1) is 15.9. The number of nitrogens with zero attached hydrogens (tertiary/aromatic N) is 5. The van der Waals surface area contributed by atoms with Crippen molar-refractivity contribution < 1.29 is 13.6 Å². The van der Waals surface area contributed by atoms with Gasteiger partial charge in [-0.2, -0.15) is 0 Å². The summed E-state index contributed by atoms with van der Waals surface area (Å²) in [7, 11) is 0. The predicted octanol–water partition coefficient (Wildman–Crippen LogP) is 3.64. The van der Waals surface area contributed by atoms with Crippen molar-refractivity contribution >= 4 is 28.5 Å². The van der Waals surface area contributed by atoms with Crippen LogP contribution in [0.3, 0.4) is 0 Å². The molecule has 172 valence electrons. The van der Waals surface area contributed by atoms with Gasteiger partial charge in [0.1, 0.15) is 24.1 Å². The summed E-state index contributed by atoms with van der Waals surface area (Å²) in [6.45, 7) is 6.06. The Labute approximate surface area is 191 Å². The summed E-state index contributed by atoms with van der Waals surface area (Å²) < 4.78 is 19.6. The monoisotopic (exact) mass is 450 g/mol. The number of aromatic nitrogens is 3. The molecule has 9 heteroatoms. The molecule has 0 unspecified atom stereocenters. The van der Waals surface area contributed by atoms with Crippen LogP contribution in [0.1, 0.15) is 53.6 Å². The normalized spacial score (nSPS) is 21.4. The van der Waals surface area contributed by atoms with E-state index in [0.717, 1.165) is 36.3 Å². The Morgan fingerprint density at radius 2 is 2.12 bits per heavy atom. The third-order valence-corrected chi connectivity index (χ3v) is 7.15. The van der Waals surface area contributed by atoms with Crippen LogP contribution in [0, 0.1) is 6.92 Å². The molecule has 3 aromatic heterocycles. The van der Waals surface area contributed by atoms with Crippen molar-refractivity contribution in [2.45, 2.75) is 57.8 Å². The van der Waals surface area contributed by atoms with Crippen LogP contribution < -0.4 is 10.2 Å². The molecular formula is C24H27FN6O2. The van der Waals surface area contributed by atoms with Gasteiger partial charge in [-0.05, 0) is 45.6 Å². The van der Waals surface area contributed by atoms with Crippen LogP contribution in [-0.2, 0) is 13.0 Å². The average Bonchev–Trinajstić information content (AvgIpc) is 3.21. The number of alkyl halides is 1. The van der Waals surface area contributed by atoms with E-state index in [-0.39, 0.29) is 11.4 Å². The second kappa shape index (κ2) is 7.40. The highest BCUT2D eigenvalue weighted by molar-refractivity contribution is 6.10. The van der Waals surface area contributed by atoms with Gasteiger partial charge in [-0.1, -0.05) is 0 Å². The van der Waals surface area contributed by atoms with Gasteiger partial charge in [0.2, 0.25) is 5.71 Å². The SMILES string of the molecule is Cc1oc2ncnc(NC3(C)CC3)c2c1C(=O)N1CCc2c(N3CC[C@@H](F)C3)ccnc2C1. The molecule has 0 bridgehead atoms. The first kappa shape index (κ1) is 20.4. The minimum absolute atomic E-state index is 0.00531. The summed E-state index contributed by atoms with van der Waals surface area (Å²) in [4.78, 5) is 30.9. The van der Waals surface area contributed by atoms with E-state index in [0.29, 0.717) is 60.7 Å². The van der Waals surface area contributed by atoms with E-state index in [1.165, 1.54) is 6.33 Å². The summed E-state index contributed by atoms with van der Waals surface area (Å²) in [5.74, 6) is 1.08. The molecule has 1 amide bonds. The van der Waals surface area contributed by atoms with Gasteiger partial charge in [0.05, 0.1) is 23.2 Å². The van der Waals surface area contributed by atoms with Crippen molar-refractivity contribution in [2.24, 2.45) is 0 Å². The quantitative estimate of drug-likeness (QED) is 0.649. The summed E-state index contributed by atoms with van der Waals surface area (Å²) in [6, 6.07) is 1.97. The third-order valence-electron chi connectivity index (χ3n) is 7.15. The number of furan rings is 1. The molecule has 1 saturated carbocycles. The van der Waals surface area contributed by atoms with Gasteiger partial charge >= 0.3 is 0 Å². The van der Waals surface area contributed by atoms with E-state index < -0.39 is 6.17 Å². The van der Waals surface area contributed by atoms with Crippen LogP contribution in [0.15, 0.2) is 23.0 Å². The molecule has 3 aliphatic rings. The highest BCUT2D eigenvalue weighted by atomic mass is 19.1. The summed E-state index contributed by atoms with van der Waals surface area (Å²) in [5.41, 5.74) is 3.99. The van der Waals surface area contributed by atoms with Crippen LogP contribution in [0.4, 0.5) is 15.9 Å². The molecular weight excluding hydrogens is 423 g/mol. The molecule has 5 heterocycles. The van der Waals surface area contributed by atoms with Gasteiger partial charge in [0.25, 0.3) is 5.91 Å². The maximum absolute atomic E-state index is 13.8. The van der Waals surface area contributed by atoms with Crippen molar-refractivity contribution in [1.82, 2.24) is 19.9 Å². The Kier molecular flexibility index (Phi) is 4.57. The van der Waals surface area contributed by atoms with E-state index >= 15 is 0 Å².